The van der Waals surface area contributed by atoms with Gasteiger partial charge >= 0.3 is 6.18 Å². The number of fused-ring (bicyclic) bond motifs is 1. The van der Waals surface area contributed by atoms with Gasteiger partial charge in [-0.1, -0.05) is 25.9 Å². The number of amides is 1. The summed E-state index contributed by atoms with van der Waals surface area (Å²) < 4.78 is 46.9. The highest BCUT2D eigenvalue weighted by Gasteiger charge is 2.37. The molecule has 3 aromatic rings. The second-order valence-corrected chi connectivity index (χ2v) is 8.10. The molecule has 10 heteroatoms. The number of hydrogen-bond donors (Lipinski definition) is 0. The van der Waals surface area contributed by atoms with E-state index >= 15 is 0 Å². The van der Waals surface area contributed by atoms with Gasteiger partial charge in [0.1, 0.15) is 5.69 Å². The Morgan fingerprint density at radius 3 is 2.68 bits per heavy atom. The second-order valence-electron chi connectivity index (χ2n) is 8.10. The van der Waals surface area contributed by atoms with Gasteiger partial charge in [-0.25, -0.2) is 9.50 Å². The van der Waals surface area contributed by atoms with E-state index < -0.39 is 17.9 Å². The fourth-order valence-electron chi connectivity index (χ4n) is 3.88. The molecule has 1 saturated heterocycles. The van der Waals surface area contributed by atoms with Crippen LogP contribution in [0.5, 0.6) is 0 Å². The Labute approximate surface area is 177 Å². The lowest BCUT2D eigenvalue weighted by atomic mass is 9.99. The Balaban J connectivity index is 1.73. The number of carbonyl (C=O) groups excluding carboxylic acids is 1. The smallest absolute Gasteiger partial charge is 0.351 e. The van der Waals surface area contributed by atoms with Crippen LogP contribution in [-0.4, -0.2) is 37.1 Å². The minimum Gasteiger partial charge on any atom is -0.351 e. The van der Waals surface area contributed by atoms with Gasteiger partial charge in [-0.3, -0.25) is 4.79 Å². The lowest BCUT2D eigenvalue weighted by Gasteiger charge is -2.33. The molecular weight excluding hydrogens is 411 g/mol. The van der Waals surface area contributed by atoms with Crippen molar-refractivity contribution in [2.45, 2.75) is 64.6 Å². The summed E-state index contributed by atoms with van der Waals surface area (Å²) in [6.45, 7) is 6.11. The van der Waals surface area contributed by atoms with Crippen LogP contribution in [0.2, 0.25) is 0 Å². The summed E-state index contributed by atoms with van der Waals surface area (Å²) in [5.74, 6) is -0.0957. The summed E-state index contributed by atoms with van der Waals surface area (Å²) in [7, 11) is 0. The van der Waals surface area contributed by atoms with Gasteiger partial charge in [-0.05, 0) is 37.7 Å². The van der Waals surface area contributed by atoms with Crippen LogP contribution in [0.4, 0.5) is 13.2 Å². The standard InChI is InChI=1S/C21H24F3N5O2/c1-4-13-9-18(21(22,23)24)29-19(25-13)11-15(26-29)16-7-5-6-8-28(16)20(30)17-10-14(12(2)3)27-31-17/h9-12,16H,4-8H2,1-3H3/t16-/m1/s1. The Morgan fingerprint density at radius 1 is 1.26 bits per heavy atom. The highest BCUT2D eigenvalue weighted by molar-refractivity contribution is 5.91. The molecule has 166 valence electrons. The van der Waals surface area contributed by atoms with E-state index in [4.69, 9.17) is 4.52 Å². The summed E-state index contributed by atoms with van der Waals surface area (Å²) in [4.78, 5) is 19.0. The molecule has 0 spiro atoms. The zero-order valence-corrected chi connectivity index (χ0v) is 17.6. The first kappa shape index (κ1) is 21.3. The first-order valence-electron chi connectivity index (χ1n) is 10.4. The van der Waals surface area contributed by atoms with Gasteiger partial charge in [0, 0.05) is 24.4 Å². The molecule has 1 amide bonds. The number of alkyl halides is 3. The fraction of sp³-hybridized carbons (Fsp3) is 0.524. The van der Waals surface area contributed by atoms with E-state index in [0.29, 0.717) is 36.5 Å². The Morgan fingerprint density at radius 2 is 2.03 bits per heavy atom. The summed E-state index contributed by atoms with van der Waals surface area (Å²) >= 11 is 0. The van der Waals surface area contributed by atoms with E-state index in [2.05, 4.69) is 15.2 Å². The number of carbonyl (C=O) groups is 1. The van der Waals surface area contributed by atoms with Crippen LogP contribution < -0.4 is 0 Å². The molecule has 31 heavy (non-hydrogen) atoms. The van der Waals surface area contributed by atoms with Crippen LogP contribution in [0.3, 0.4) is 0 Å². The van der Waals surface area contributed by atoms with Crippen LogP contribution in [0.1, 0.15) is 85.3 Å². The summed E-state index contributed by atoms with van der Waals surface area (Å²) in [5, 5.41) is 8.18. The molecule has 1 fully saturated rings. The summed E-state index contributed by atoms with van der Waals surface area (Å²) in [5.41, 5.74) is 0.664. The molecule has 1 aliphatic heterocycles. The molecular formula is C21H24F3N5O2. The molecule has 0 N–H and O–H groups in total. The molecule has 7 nitrogen and oxygen atoms in total. The fourth-order valence-corrected chi connectivity index (χ4v) is 3.88. The number of piperidine rings is 1. The quantitative estimate of drug-likeness (QED) is 0.589. The maximum absolute atomic E-state index is 13.6. The van der Waals surface area contributed by atoms with E-state index in [-0.39, 0.29) is 23.2 Å². The number of likely N-dealkylation sites (tertiary alicyclic amines) is 1. The number of halogens is 3. The van der Waals surface area contributed by atoms with Crippen LogP contribution in [-0.2, 0) is 12.6 Å². The van der Waals surface area contributed by atoms with Gasteiger partial charge in [-0.15, -0.1) is 0 Å². The Bertz CT molecular complexity index is 1100. The topological polar surface area (TPSA) is 76.5 Å². The molecule has 1 atom stereocenters. The number of aryl methyl sites for hydroxylation is 1. The van der Waals surface area contributed by atoms with Crippen molar-refractivity contribution in [1.82, 2.24) is 24.7 Å². The average Bonchev–Trinajstić information content (AvgIpc) is 3.39. The zero-order valence-electron chi connectivity index (χ0n) is 17.6. The third-order valence-electron chi connectivity index (χ3n) is 5.59. The highest BCUT2D eigenvalue weighted by atomic mass is 19.4. The first-order valence-corrected chi connectivity index (χ1v) is 10.4. The second kappa shape index (κ2) is 7.97. The van der Waals surface area contributed by atoms with Crippen molar-refractivity contribution >= 4 is 11.6 Å². The molecule has 4 heterocycles. The lowest BCUT2D eigenvalue weighted by molar-refractivity contribution is -0.142. The molecule has 0 aromatic carbocycles. The van der Waals surface area contributed by atoms with Crippen LogP contribution in [0, 0.1) is 0 Å². The van der Waals surface area contributed by atoms with Gasteiger partial charge in [0.05, 0.1) is 17.4 Å². The van der Waals surface area contributed by atoms with Crippen molar-refractivity contribution in [2.24, 2.45) is 0 Å². The monoisotopic (exact) mass is 435 g/mol. The molecule has 0 unspecified atom stereocenters. The van der Waals surface area contributed by atoms with Gasteiger partial charge in [0.15, 0.2) is 5.65 Å². The van der Waals surface area contributed by atoms with Gasteiger partial charge in [0.25, 0.3) is 5.91 Å². The normalized spacial score (nSPS) is 17.6. The maximum Gasteiger partial charge on any atom is 0.433 e. The molecule has 0 bridgehead atoms. The minimum absolute atomic E-state index is 0.112. The van der Waals surface area contributed by atoms with E-state index in [0.717, 1.165) is 23.4 Å². The SMILES string of the molecule is CCc1cc(C(F)(F)F)n2nc([C@H]3CCCCN3C(=O)c3cc(C(C)C)no3)cc2n1. The van der Waals surface area contributed by atoms with Crippen molar-refractivity contribution < 1.29 is 22.5 Å². The van der Waals surface area contributed by atoms with Crippen molar-refractivity contribution in [3.63, 3.8) is 0 Å². The Hall–Kier alpha value is -2.91. The van der Waals surface area contributed by atoms with E-state index in [1.807, 2.05) is 13.8 Å². The first-order chi connectivity index (χ1) is 14.7. The predicted octanol–water partition coefficient (Wildman–Crippen LogP) is 4.79. The van der Waals surface area contributed by atoms with Gasteiger partial charge in [-0.2, -0.15) is 18.3 Å². The third-order valence-corrected chi connectivity index (χ3v) is 5.59. The predicted molar refractivity (Wildman–Crippen MR) is 106 cm³/mol. The average molecular weight is 435 g/mol. The van der Waals surface area contributed by atoms with Crippen molar-refractivity contribution in [3.05, 3.63) is 46.7 Å². The van der Waals surface area contributed by atoms with E-state index in [9.17, 15) is 18.0 Å². The Kier molecular flexibility index (Phi) is 5.49. The van der Waals surface area contributed by atoms with Crippen molar-refractivity contribution in [2.75, 3.05) is 6.54 Å². The minimum atomic E-state index is -4.57. The third kappa shape index (κ3) is 4.03. The largest absolute Gasteiger partial charge is 0.433 e. The molecule has 1 aliphatic rings. The molecule has 3 aromatic heterocycles. The highest BCUT2D eigenvalue weighted by Crippen LogP contribution is 2.34. The number of aromatic nitrogens is 4. The van der Waals surface area contributed by atoms with E-state index in [1.54, 1.807) is 24.0 Å². The molecule has 4 rings (SSSR count). The van der Waals surface area contributed by atoms with Crippen LogP contribution in [0.25, 0.3) is 5.65 Å². The maximum atomic E-state index is 13.6. The lowest BCUT2D eigenvalue weighted by Crippen LogP contribution is -2.38. The van der Waals surface area contributed by atoms with Crippen molar-refractivity contribution in [3.8, 4) is 0 Å². The van der Waals surface area contributed by atoms with E-state index in [1.165, 1.54) is 0 Å². The van der Waals surface area contributed by atoms with Crippen molar-refractivity contribution in [1.29, 1.82) is 0 Å². The summed E-state index contributed by atoms with van der Waals surface area (Å²) in [6, 6.07) is 3.74. The summed E-state index contributed by atoms with van der Waals surface area (Å²) in [6.07, 6.45) is -1.95. The van der Waals surface area contributed by atoms with Gasteiger partial charge in [0.2, 0.25) is 5.76 Å². The van der Waals surface area contributed by atoms with Crippen LogP contribution >= 0.6 is 0 Å². The molecule has 0 aliphatic carbocycles. The van der Waals surface area contributed by atoms with Crippen LogP contribution in [0.15, 0.2) is 22.7 Å². The number of nitrogens with zero attached hydrogens (tertiary/aromatic N) is 5. The molecule has 0 radical (unpaired) electrons. The van der Waals surface area contributed by atoms with Gasteiger partial charge < -0.3 is 9.42 Å². The number of rotatable bonds is 4. The number of hydrogen-bond acceptors (Lipinski definition) is 5. The zero-order chi connectivity index (χ0) is 22.3. The molecule has 0 saturated carbocycles.